The fraction of sp³-hybridized carbons (Fsp3) is 0.0769. The van der Waals surface area contributed by atoms with Gasteiger partial charge in [-0.3, -0.25) is 10.7 Å². The number of carbonyl (C=O) groups is 1. The number of pyridine rings is 1. The van der Waals surface area contributed by atoms with E-state index in [4.69, 9.17) is 5.21 Å². The van der Waals surface area contributed by atoms with Crippen molar-refractivity contribution in [3.05, 3.63) is 35.9 Å². The van der Waals surface area contributed by atoms with Gasteiger partial charge in [0.2, 0.25) is 5.65 Å². The topological polar surface area (TPSA) is 113 Å². The van der Waals surface area contributed by atoms with Crippen LogP contribution in [0.15, 0.2) is 30.3 Å². The van der Waals surface area contributed by atoms with Gasteiger partial charge in [0.15, 0.2) is 0 Å². The summed E-state index contributed by atoms with van der Waals surface area (Å²) in [7, 11) is 1.29. The summed E-state index contributed by atoms with van der Waals surface area (Å²) < 4.78 is 4.69. The number of carbonyl (C=O) groups excluding carboxylic acids is 1. The smallest absolute Gasteiger partial charge is 0.337 e. The molecular formula is C13H11N5O3. The van der Waals surface area contributed by atoms with Crippen LogP contribution in [0.1, 0.15) is 10.4 Å². The first kappa shape index (κ1) is 13.0. The highest BCUT2D eigenvalue weighted by Gasteiger charge is 2.11. The molecule has 0 saturated heterocycles. The molecular weight excluding hydrogens is 274 g/mol. The lowest BCUT2D eigenvalue weighted by molar-refractivity contribution is 0.0601. The number of hydrogen-bond donors (Lipinski definition) is 3. The van der Waals surface area contributed by atoms with Crippen LogP contribution in [0.2, 0.25) is 0 Å². The molecule has 1 aromatic carbocycles. The third-order valence-corrected chi connectivity index (χ3v) is 2.96. The number of nitrogens with one attached hydrogen (secondary N) is 2. The molecule has 0 saturated carbocycles. The third-order valence-electron chi connectivity index (χ3n) is 2.96. The predicted molar refractivity (Wildman–Crippen MR) is 73.9 cm³/mol. The second-order valence-corrected chi connectivity index (χ2v) is 4.27. The van der Waals surface area contributed by atoms with Crippen LogP contribution in [0.3, 0.4) is 0 Å². The van der Waals surface area contributed by atoms with Crippen LogP contribution < -0.4 is 5.48 Å². The number of methoxy groups -OCH3 is 1. The van der Waals surface area contributed by atoms with Crippen molar-refractivity contribution in [3.63, 3.8) is 0 Å². The molecule has 0 aliphatic rings. The van der Waals surface area contributed by atoms with Gasteiger partial charge in [0.1, 0.15) is 5.52 Å². The number of fused-ring (bicyclic) bond motifs is 1. The number of aromatic amines is 1. The third kappa shape index (κ3) is 2.39. The van der Waals surface area contributed by atoms with Crippen molar-refractivity contribution >= 4 is 22.8 Å². The van der Waals surface area contributed by atoms with Gasteiger partial charge in [0.25, 0.3) is 0 Å². The van der Waals surface area contributed by atoms with Crippen LogP contribution in [0.4, 0.5) is 5.69 Å². The monoisotopic (exact) mass is 285 g/mol. The number of esters is 1. The van der Waals surface area contributed by atoms with Crippen LogP contribution in [-0.4, -0.2) is 38.7 Å². The molecule has 0 spiro atoms. The van der Waals surface area contributed by atoms with E-state index in [1.807, 2.05) is 5.48 Å². The van der Waals surface area contributed by atoms with Gasteiger partial charge in [-0.15, -0.1) is 5.10 Å². The summed E-state index contributed by atoms with van der Waals surface area (Å²) in [5.74, 6) is -0.504. The Morgan fingerprint density at radius 2 is 2.14 bits per heavy atom. The lowest BCUT2D eigenvalue weighted by Gasteiger charge is -2.07. The van der Waals surface area contributed by atoms with E-state index in [1.54, 1.807) is 24.3 Å². The maximum absolute atomic E-state index is 11.7. The first-order valence-electron chi connectivity index (χ1n) is 6.02. The molecule has 0 radical (unpaired) electrons. The van der Waals surface area contributed by atoms with Gasteiger partial charge in [-0.05, 0) is 30.3 Å². The van der Waals surface area contributed by atoms with Crippen LogP contribution in [0.25, 0.3) is 22.4 Å². The summed E-state index contributed by atoms with van der Waals surface area (Å²) in [4.78, 5) is 16.0. The molecule has 0 bridgehead atoms. The molecule has 2 aromatic heterocycles. The zero-order chi connectivity index (χ0) is 14.8. The molecule has 0 aliphatic carbocycles. The van der Waals surface area contributed by atoms with Crippen molar-refractivity contribution < 1.29 is 14.7 Å². The summed E-state index contributed by atoms with van der Waals surface area (Å²) >= 11 is 0. The highest BCUT2D eigenvalue weighted by molar-refractivity contribution is 5.92. The van der Waals surface area contributed by atoms with Crippen molar-refractivity contribution in [1.82, 2.24) is 20.4 Å². The van der Waals surface area contributed by atoms with Crippen LogP contribution in [0, 0.1) is 0 Å². The summed E-state index contributed by atoms with van der Waals surface area (Å²) in [6.45, 7) is 0. The van der Waals surface area contributed by atoms with Gasteiger partial charge in [-0.25, -0.2) is 9.78 Å². The fourth-order valence-electron chi connectivity index (χ4n) is 1.97. The van der Waals surface area contributed by atoms with Crippen molar-refractivity contribution in [2.24, 2.45) is 0 Å². The second-order valence-electron chi connectivity index (χ2n) is 4.27. The van der Waals surface area contributed by atoms with E-state index in [0.717, 1.165) is 0 Å². The number of nitrogens with zero attached hydrogens (tertiary/aromatic N) is 3. The number of rotatable bonds is 3. The molecule has 3 rings (SSSR count). The summed E-state index contributed by atoms with van der Waals surface area (Å²) in [6.07, 6.45) is 0. The van der Waals surface area contributed by atoms with Gasteiger partial charge in [-0.1, -0.05) is 0 Å². The van der Waals surface area contributed by atoms with Gasteiger partial charge in [0, 0.05) is 5.56 Å². The Hall–Kier alpha value is -3.00. The average molecular weight is 285 g/mol. The number of H-pyrrole nitrogens is 1. The minimum absolute atomic E-state index is 0.300. The maximum atomic E-state index is 11.7. The summed E-state index contributed by atoms with van der Waals surface area (Å²) in [6, 6.07) is 8.27. The van der Waals surface area contributed by atoms with E-state index in [1.165, 1.54) is 13.2 Å². The molecule has 0 unspecified atom stereocenters. The average Bonchev–Trinajstić information content (AvgIpc) is 3.01. The molecule has 8 nitrogen and oxygen atoms in total. The van der Waals surface area contributed by atoms with E-state index < -0.39 is 5.97 Å². The number of benzene rings is 1. The molecule has 21 heavy (non-hydrogen) atoms. The Balaban J connectivity index is 2.13. The largest absolute Gasteiger partial charge is 0.465 e. The maximum Gasteiger partial charge on any atom is 0.337 e. The Morgan fingerprint density at radius 3 is 2.90 bits per heavy atom. The quantitative estimate of drug-likeness (QED) is 0.495. The van der Waals surface area contributed by atoms with E-state index >= 15 is 0 Å². The van der Waals surface area contributed by atoms with Crippen molar-refractivity contribution in [2.75, 3.05) is 12.6 Å². The van der Waals surface area contributed by atoms with E-state index in [2.05, 4.69) is 25.1 Å². The van der Waals surface area contributed by atoms with Crippen molar-refractivity contribution in [3.8, 4) is 11.3 Å². The highest BCUT2D eigenvalue weighted by atomic mass is 16.5. The summed E-state index contributed by atoms with van der Waals surface area (Å²) in [5, 5.41) is 19.4. The molecule has 0 atom stereocenters. The Kier molecular flexibility index (Phi) is 3.20. The van der Waals surface area contributed by atoms with Gasteiger partial charge < -0.3 is 4.74 Å². The first-order valence-corrected chi connectivity index (χ1v) is 6.02. The number of ether oxygens (including phenoxy) is 1. The predicted octanol–water partition coefficient (Wildman–Crippen LogP) is 1.61. The lowest BCUT2D eigenvalue weighted by Crippen LogP contribution is -2.03. The number of anilines is 1. The second kappa shape index (κ2) is 5.17. The first-order chi connectivity index (χ1) is 10.2. The van der Waals surface area contributed by atoms with Crippen LogP contribution >= 0.6 is 0 Å². The molecule has 8 heteroatoms. The molecule has 0 aliphatic heterocycles. The summed E-state index contributed by atoms with van der Waals surface area (Å²) in [5.41, 5.74) is 5.02. The lowest BCUT2D eigenvalue weighted by atomic mass is 10.1. The highest BCUT2D eigenvalue weighted by Crippen LogP contribution is 2.24. The van der Waals surface area contributed by atoms with Crippen LogP contribution in [-0.2, 0) is 4.74 Å². The Bertz CT molecular complexity index is 814. The van der Waals surface area contributed by atoms with Crippen LogP contribution in [0.5, 0.6) is 0 Å². The van der Waals surface area contributed by atoms with E-state index in [9.17, 15) is 4.79 Å². The molecule has 3 N–H and O–H groups in total. The Labute approximate surface area is 118 Å². The number of hydrogen-bond acceptors (Lipinski definition) is 7. The fourth-order valence-corrected chi connectivity index (χ4v) is 1.97. The van der Waals surface area contributed by atoms with E-state index in [0.29, 0.717) is 33.7 Å². The number of aromatic nitrogens is 4. The Morgan fingerprint density at radius 1 is 1.29 bits per heavy atom. The van der Waals surface area contributed by atoms with Gasteiger partial charge >= 0.3 is 5.97 Å². The molecule has 106 valence electrons. The van der Waals surface area contributed by atoms with Crippen molar-refractivity contribution in [1.29, 1.82) is 0 Å². The molecule has 0 amide bonds. The van der Waals surface area contributed by atoms with Gasteiger partial charge in [0.05, 0.1) is 24.1 Å². The minimum Gasteiger partial charge on any atom is -0.465 e. The van der Waals surface area contributed by atoms with Crippen molar-refractivity contribution in [2.45, 2.75) is 0 Å². The molecule has 0 fully saturated rings. The normalized spacial score (nSPS) is 10.6. The SMILES string of the molecule is COC(=O)c1cc(NO)cc(-c2ccc3n[nH]nc3n2)c1. The zero-order valence-corrected chi connectivity index (χ0v) is 11.0. The van der Waals surface area contributed by atoms with E-state index in [-0.39, 0.29) is 0 Å². The standard InChI is InChI=1S/C13H11N5O3/c1-21-13(19)8-4-7(5-9(6-8)17-20)10-2-3-11-12(14-10)16-18-15-11/h2-6,17,20H,1H3,(H,14,15,16,18). The molecule has 2 heterocycles. The zero-order valence-electron chi connectivity index (χ0n) is 11.0. The molecule has 3 aromatic rings. The minimum atomic E-state index is -0.504. The van der Waals surface area contributed by atoms with Gasteiger partial charge in [-0.2, -0.15) is 10.3 Å².